The summed E-state index contributed by atoms with van der Waals surface area (Å²) in [6.07, 6.45) is 3.00. The Morgan fingerprint density at radius 3 is 3.16 bits per heavy atom. The summed E-state index contributed by atoms with van der Waals surface area (Å²) in [5.41, 5.74) is 1.14. The molecule has 1 N–H and O–H groups in total. The Labute approximate surface area is 113 Å². The Hall–Kier alpha value is -1.55. The maximum absolute atomic E-state index is 9.65. The van der Waals surface area contributed by atoms with Crippen LogP contribution < -0.4 is 4.74 Å². The van der Waals surface area contributed by atoms with Crippen molar-refractivity contribution in [2.75, 3.05) is 7.11 Å². The van der Waals surface area contributed by atoms with Crippen molar-refractivity contribution in [1.29, 1.82) is 0 Å². The molecule has 4 nitrogen and oxygen atoms in total. The van der Waals surface area contributed by atoms with Gasteiger partial charge in [-0.05, 0) is 30.5 Å². The highest BCUT2D eigenvalue weighted by atomic mass is 16.5. The normalized spacial score (nSPS) is 29.4. The number of hydrogen-bond donors (Lipinski definition) is 1. The molecule has 1 aliphatic heterocycles. The summed E-state index contributed by atoms with van der Waals surface area (Å²) in [6.45, 7) is 0. The molecule has 0 spiro atoms. The first-order valence-electron chi connectivity index (χ1n) is 6.79. The smallest absolute Gasteiger partial charge is 0.188 e. The number of hydrogen-bond acceptors (Lipinski definition) is 4. The van der Waals surface area contributed by atoms with Gasteiger partial charge in [-0.3, -0.25) is 0 Å². The maximum Gasteiger partial charge on any atom is 0.188 e. The first-order chi connectivity index (χ1) is 9.24. The third-order valence-corrected chi connectivity index (χ3v) is 3.82. The molecule has 3 unspecified atom stereocenters. The van der Waals surface area contributed by atoms with Crippen molar-refractivity contribution in [3.05, 3.63) is 29.8 Å². The minimum Gasteiger partial charge on any atom is -0.497 e. The van der Waals surface area contributed by atoms with Crippen LogP contribution in [0, 0.1) is 0 Å². The SMILES string of the molecule is COc1cccc(CC2=NC3CCC(O)CC3O2)c1. The molecule has 1 aliphatic carbocycles. The number of benzene rings is 1. The predicted molar refractivity (Wildman–Crippen MR) is 72.7 cm³/mol. The lowest BCUT2D eigenvalue weighted by Crippen LogP contribution is -2.33. The van der Waals surface area contributed by atoms with E-state index in [0.29, 0.717) is 12.8 Å². The van der Waals surface area contributed by atoms with Crippen molar-refractivity contribution in [2.45, 2.75) is 43.9 Å². The van der Waals surface area contributed by atoms with Crippen LogP contribution in [0.4, 0.5) is 0 Å². The Bertz CT molecular complexity index is 486. The first kappa shape index (κ1) is 12.5. The quantitative estimate of drug-likeness (QED) is 0.904. The van der Waals surface area contributed by atoms with Crippen molar-refractivity contribution in [3.8, 4) is 5.75 Å². The monoisotopic (exact) mass is 261 g/mol. The zero-order valence-corrected chi connectivity index (χ0v) is 11.1. The van der Waals surface area contributed by atoms with E-state index in [1.165, 1.54) is 0 Å². The molecule has 1 heterocycles. The number of aliphatic hydroxyl groups excluding tert-OH is 1. The van der Waals surface area contributed by atoms with Gasteiger partial charge < -0.3 is 14.6 Å². The number of aliphatic imine (C=N–C) groups is 1. The molecule has 1 aromatic rings. The van der Waals surface area contributed by atoms with Crippen molar-refractivity contribution in [1.82, 2.24) is 0 Å². The lowest BCUT2D eigenvalue weighted by molar-refractivity contribution is 0.0497. The number of fused-ring (bicyclic) bond motifs is 1. The van der Waals surface area contributed by atoms with Gasteiger partial charge in [0.15, 0.2) is 5.90 Å². The molecule has 1 saturated carbocycles. The molecule has 19 heavy (non-hydrogen) atoms. The minimum absolute atomic E-state index is 0.0735. The number of ether oxygens (including phenoxy) is 2. The van der Waals surface area contributed by atoms with Gasteiger partial charge in [0.25, 0.3) is 0 Å². The van der Waals surface area contributed by atoms with Crippen LogP contribution in [0.5, 0.6) is 5.75 Å². The van der Waals surface area contributed by atoms with E-state index in [9.17, 15) is 5.11 Å². The van der Waals surface area contributed by atoms with Gasteiger partial charge in [-0.1, -0.05) is 12.1 Å². The largest absolute Gasteiger partial charge is 0.497 e. The highest BCUT2D eigenvalue weighted by Crippen LogP contribution is 2.29. The molecule has 1 fully saturated rings. The van der Waals surface area contributed by atoms with Gasteiger partial charge in [0, 0.05) is 12.8 Å². The van der Waals surface area contributed by atoms with Crippen LogP contribution in [0.2, 0.25) is 0 Å². The van der Waals surface area contributed by atoms with Crippen LogP contribution >= 0.6 is 0 Å². The van der Waals surface area contributed by atoms with E-state index in [0.717, 1.165) is 30.1 Å². The van der Waals surface area contributed by atoms with E-state index in [4.69, 9.17) is 9.47 Å². The molecule has 0 aromatic heterocycles. The van der Waals surface area contributed by atoms with Gasteiger partial charge in [-0.25, -0.2) is 4.99 Å². The van der Waals surface area contributed by atoms with E-state index in [1.54, 1.807) is 7.11 Å². The van der Waals surface area contributed by atoms with E-state index in [-0.39, 0.29) is 18.2 Å². The van der Waals surface area contributed by atoms with Crippen molar-refractivity contribution in [3.63, 3.8) is 0 Å². The fourth-order valence-corrected chi connectivity index (χ4v) is 2.80. The molecule has 0 amide bonds. The molecule has 0 bridgehead atoms. The summed E-state index contributed by atoms with van der Waals surface area (Å²) in [6, 6.07) is 8.19. The second kappa shape index (κ2) is 5.21. The second-order valence-electron chi connectivity index (χ2n) is 5.24. The lowest BCUT2D eigenvalue weighted by atomic mass is 9.91. The molecule has 3 rings (SSSR count). The molecule has 102 valence electrons. The maximum atomic E-state index is 9.65. The molecule has 0 radical (unpaired) electrons. The molecule has 2 aliphatic rings. The third-order valence-electron chi connectivity index (χ3n) is 3.82. The number of methoxy groups -OCH3 is 1. The van der Waals surface area contributed by atoms with E-state index in [1.807, 2.05) is 24.3 Å². The highest BCUT2D eigenvalue weighted by molar-refractivity contribution is 5.80. The third kappa shape index (κ3) is 2.73. The number of rotatable bonds is 3. The van der Waals surface area contributed by atoms with E-state index in [2.05, 4.69) is 4.99 Å². The Kier molecular flexibility index (Phi) is 3.42. The molecular formula is C15H19NO3. The van der Waals surface area contributed by atoms with Crippen molar-refractivity contribution < 1.29 is 14.6 Å². The zero-order valence-electron chi connectivity index (χ0n) is 11.1. The van der Waals surface area contributed by atoms with Crippen molar-refractivity contribution in [2.24, 2.45) is 4.99 Å². The summed E-state index contributed by atoms with van der Waals surface area (Å²) in [4.78, 5) is 4.64. The summed E-state index contributed by atoms with van der Waals surface area (Å²) in [5.74, 6) is 1.64. The van der Waals surface area contributed by atoms with Crippen LogP contribution in [-0.4, -0.2) is 36.4 Å². The average Bonchev–Trinajstić information content (AvgIpc) is 2.80. The van der Waals surface area contributed by atoms with Crippen LogP contribution in [0.1, 0.15) is 24.8 Å². The van der Waals surface area contributed by atoms with Crippen LogP contribution in [0.15, 0.2) is 29.3 Å². The second-order valence-corrected chi connectivity index (χ2v) is 5.24. The Morgan fingerprint density at radius 1 is 1.42 bits per heavy atom. The summed E-state index contributed by atoms with van der Waals surface area (Å²) >= 11 is 0. The fraction of sp³-hybridized carbons (Fsp3) is 0.533. The van der Waals surface area contributed by atoms with Crippen molar-refractivity contribution >= 4 is 5.90 Å². The van der Waals surface area contributed by atoms with Gasteiger partial charge in [0.05, 0.1) is 19.3 Å². The predicted octanol–water partition coefficient (Wildman–Crippen LogP) is 1.95. The van der Waals surface area contributed by atoms with Gasteiger partial charge in [0.2, 0.25) is 0 Å². The van der Waals surface area contributed by atoms with E-state index >= 15 is 0 Å². The first-order valence-corrected chi connectivity index (χ1v) is 6.79. The van der Waals surface area contributed by atoms with Gasteiger partial charge in [0.1, 0.15) is 11.9 Å². The molecular weight excluding hydrogens is 242 g/mol. The van der Waals surface area contributed by atoms with Gasteiger partial charge >= 0.3 is 0 Å². The van der Waals surface area contributed by atoms with Crippen LogP contribution in [0.25, 0.3) is 0 Å². The number of aliphatic hydroxyl groups is 1. The zero-order chi connectivity index (χ0) is 13.2. The lowest BCUT2D eigenvalue weighted by Gasteiger charge is -2.26. The topological polar surface area (TPSA) is 51.0 Å². The molecule has 1 aromatic carbocycles. The Morgan fingerprint density at radius 2 is 2.32 bits per heavy atom. The van der Waals surface area contributed by atoms with E-state index < -0.39 is 0 Å². The molecule has 4 heteroatoms. The van der Waals surface area contributed by atoms with Gasteiger partial charge in [-0.2, -0.15) is 0 Å². The Balaban J connectivity index is 1.67. The summed E-state index contributed by atoms with van der Waals surface area (Å²) < 4.78 is 11.1. The molecule has 3 atom stereocenters. The average molecular weight is 261 g/mol. The standard InChI is InChI=1S/C15H19NO3/c1-18-12-4-2-3-10(7-12)8-15-16-13-6-5-11(17)9-14(13)19-15/h2-4,7,11,13-14,17H,5-6,8-9H2,1H3. The number of nitrogens with zero attached hydrogens (tertiary/aromatic N) is 1. The summed E-state index contributed by atoms with van der Waals surface area (Å²) in [7, 11) is 1.67. The fourth-order valence-electron chi connectivity index (χ4n) is 2.80. The summed E-state index contributed by atoms with van der Waals surface area (Å²) in [5, 5.41) is 9.65. The van der Waals surface area contributed by atoms with Crippen LogP contribution in [0.3, 0.4) is 0 Å². The van der Waals surface area contributed by atoms with Crippen LogP contribution in [-0.2, 0) is 11.2 Å². The highest BCUT2D eigenvalue weighted by Gasteiger charge is 2.36. The minimum atomic E-state index is -0.229. The molecule has 0 saturated heterocycles. The van der Waals surface area contributed by atoms with Gasteiger partial charge in [-0.15, -0.1) is 0 Å².